The SMILES string of the molecule is C[C@@H]1C[C@H](NC(=O)OC(C)(C)C)C(O[C@@H]2OC(CNC(=O)OC(C)(C)C)CCC2NC(=O)OC(C)(C)C)C(O)[C@@H]1O[C@@H]1OC(CO)[C@H](O)[C@H](C)C1O. The van der Waals surface area contributed by atoms with E-state index in [9.17, 15) is 34.8 Å². The number of hydrogen-bond acceptors (Lipinski definition) is 14. The molecule has 3 aliphatic rings. The highest BCUT2D eigenvalue weighted by atomic mass is 16.7. The van der Waals surface area contributed by atoms with Crippen molar-refractivity contribution >= 4 is 18.3 Å². The number of hydrogen-bond donors (Lipinski definition) is 7. The van der Waals surface area contributed by atoms with Crippen LogP contribution in [0.3, 0.4) is 0 Å². The lowest BCUT2D eigenvalue weighted by Crippen LogP contribution is -2.65. The highest BCUT2D eigenvalue weighted by Crippen LogP contribution is 2.36. The van der Waals surface area contributed by atoms with E-state index in [4.69, 9.17) is 33.2 Å². The van der Waals surface area contributed by atoms with Gasteiger partial charge in [-0.2, -0.15) is 0 Å². The minimum absolute atomic E-state index is 0.0521. The summed E-state index contributed by atoms with van der Waals surface area (Å²) in [5.41, 5.74) is -2.34. The molecule has 17 nitrogen and oxygen atoms in total. The van der Waals surface area contributed by atoms with Gasteiger partial charge < -0.3 is 69.5 Å². The standard InChI is InChI=1S/C35H63N3O14/c1-17-14-21(38-32(45)52-35(9,10)11)27(25(42)26(17)48-29-24(41)18(2)23(40)22(16-39)47-29)49-28-20(37-31(44)51-34(6,7)8)13-12-19(46-28)15-36-30(43)50-33(3,4)5/h17-29,39-42H,12-16H2,1-11H3,(H,36,43)(H,37,44)(H,38,45)/t17-,18+,19?,20?,21+,22?,23-,24?,25?,26-,27?,28+,29+/m1/s1. The van der Waals surface area contributed by atoms with Gasteiger partial charge in [0, 0.05) is 12.5 Å². The highest BCUT2D eigenvalue weighted by Gasteiger charge is 2.51. The Morgan fingerprint density at radius 1 is 0.673 bits per heavy atom. The largest absolute Gasteiger partial charge is 0.444 e. The Hall–Kier alpha value is -2.51. The summed E-state index contributed by atoms with van der Waals surface area (Å²) >= 11 is 0. The van der Waals surface area contributed by atoms with E-state index < -0.39 is 121 Å². The Morgan fingerprint density at radius 3 is 1.73 bits per heavy atom. The fraction of sp³-hybridized carbons (Fsp3) is 0.914. The lowest BCUT2D eigenvalue weighted by Gasteiger charge is -2.48. The average Bonchev–Trinajstić information content (AvgIpc) is 2.98. The number of aliphatic hydroxyl groups is 4. The molecule has 3 rings (SSSR count). The van der Waals surface area contributed by atoms with E-state index >= 15 is 0 Å². The van der Waals surface area contributed by atoms with Crippen molar-refractivity contribution < 1.29 is 68.0 Å². The molecule has 0 aromatic rings. The third-order valence-electron chi connectivity index (χ3n) is 8.80. The first-order valence-electron chi connectivity index (χ1n) is 18.1. The van der Waals surface area contributed by atoms with Gasteiger partial charge in [0.05, 0.1) is 37.0 Å². The average molecular weight is 750 g/mol. The summed E-state index contributed by atoms with van der Waals surface area (Å²) in [6, 6.07) is -1.63. The predicted molar refractivity (Wildman–Crippen MR) is 185 cm³/mol. The molecule has 6 unspecified atom stereocenters. The molecule has 1 aliphatic carbocycles. The van der Waals surface area contributed by atoms with E-state index in [-0.39, 0.29) is 13.0 Å². The number of nitrogens with one attached hydrogen (secondary N) is 3. The van der Waals surface area contributed by atoms with Crippen LogP contribution in [0.1, 0.15) is 95.4 Å². The van der Waals surface area contributed by atoms with E-state index in [2.05, 4.69) is 16.0 Å². The molecule has 0 aromatic carbocycles. The second kappa shape index (κ2) is 17.8. The smallest absolute Gasteiger partial charge is 0.408 e. The Bertz CT molecular complexity index is 1180. The Kier molecular flexibility index (Phi) is 15.0. The van der Waals surface area contributed by atoms with E-state index in [0.717, 1.165) is 0 Å². The molecular formula is C35H63N3O14. The molecule has 17 heteroatoms. The summed E-state index contributed by atoms with van der Waals surface area (Å²) in [7, 11) is 0. The minimum Gasteiger partial charge on any atom is -0.444 e. The van der Waals surface area contributed by atoms with E-state index in [0.29, 0.717) is 12.8 Å². The van der Waals surface area contributed by atoms with Crippen LogP contribution in [0.25, 0.3) is 0 Å². The molecule has 7 N–H and O–H groups in total. The number of alkyl carbamates (subject to hydrolysis) is 3. The van der Waals surface area contributed by atoms with Gasteiger partial charge in [-0.25, -0.2) is 14.4 Å². The first-order valence-corrected chi connectivity index (χ1v) is 18.1. The topological polar surface area (TPSA) is 233 Å². The summed E-state index contributed by atoms with van der Waals surface area (Å²) in [5.74, 6) is -1.17. The molecule has 52 heavy (non-hydrogen) atoms. The summed E-state index contributed by atoms with van der Waals surface area (Å²) in [6.45, 7) is 18.4. The van der Waals surface area contributed by atoms with Crippen LogP contribution < -0.4 is 16.0 Å². The van der Waals surface area contributed by atoms with Gasteiger partial charge in [-0.1, -0.05) is 13.8 Å². The van der Waals surface area contributed by atoms with Crippen LogP contribution in [0.4, 0.5) is 14.4 Å². The van der Waals surface area contributed by atoms with Gasteiger partial charge in [0.2, 0.25) is 0 Å². The van der Waals surface area contributed by atoms with Crippen molar-refractivity contribution in [3.8, 4) is 0 Å². The van der Waals surface area contributed by atoms with Crippen molar-refractivity contribution in [3.63, 3.8) is 0 Å². The maximum atomic E-state index is 13.0. The van der Waals surface area contributed by atoms with Gasteiger partial charge in [-0.05, 0) is 87.5 Å². The molecule has 0 bridgehead atoms. The molecular weight excluding hydrogens is 686 g/mol. The van der Waals surface area contributed by atoms with Crippen LogP contribution in [0.5, 0.6) is 0 Å². The van der Waals surface area contributed by atoms with Crippen molar-refractivity contribution in [1.29, 1.82) is 0 Å². The minimum atomic E-state index is -1.47. The van der Waals surface area contributed by atoms with Gasteiger partial charge in [-0.15, -0.1) is 0 Å². The first kappa shape index (κ1) is 43.9. The monoisotopic (exact) mass is 749 g/mol. The van der Waals surface area contributed by atoms with Gasteiger partial charge in [0.1, 0.15) is 41.2 Å². The number of rotatable bonds is 9. The van der Waals surface area contributed by atoms with E-state index in [1.54, 1.807) is 76.2 Å². The predicted octanol–water partition coefficient (Wildman–Crippen LogP) is 2.05. The van der Waals surface area contributed by atoms with Crippen molar-refractivity contribution in [3.05, 3.63) is 0 Å². The molecule has 1 saturated carbocycles. The zero-order valence-corrected chi connectivity index (χ0v) is 32.4. The second-order valence-corrected chi connectivity index (χ2v) is 17.1. The number of ether oxygens (including phenoxy) is 7. The quantitative estimate of drug-likeness (QED) is 0.167. The zero-order chi connectivity index (χ0) is 39.3. The number of amides is 3. The van der Waals surface area contributed by atoms with Crippen molar-refractivity contribution in [2.75, 3.05) is 13.2 Å². The maximum Gasteiger partial charge on any atom is 0.408 e. The molecule has 0 radical (unpaired) electrons. The third-order valence-corrected chi connectivity index (χ3v) is 8.80. The molecule has 3 amide bonds. The van der Waals surface area contributed by atoms with Crippen molar-refractivity contribution in [2.24, 2.45) is 11.8 Å². The molecule has 2 saturated heterocycles. The number of carbonyl (C=O) groups is 3. The van der Waals surface area contributed by atoms with Crippen molar-refractivity contribution in [2.45, 2.75) is 180 Å². The van der Waals surface area contributed by atoms with Gasteiger partial charge in [-0.3, -0.25) is 0 Å². The lowest BCUT2D eigenvalue weighted by atomic mass is 9.80. The van der Waals surface area contributed by atoms with Crippen LogP contribution in [0.15, 0.2) is 0 Å². The fourth-order valence-corrected chi connectivity index (χ4v) is 6.36. The Balaban J connectivity index is 1.91. The van der Waals surface area contributed by atoms with E-state index in [1.165, 1.54) is 0 Å². The fourth-order valence-electron chi connectivity index (χ4n) is 6.36. The lowest BCUT2D eigenvalue weighted by molar-refractivity contribution is -0.325. The maximum absolute atomic E-state index is 13.0. The normalized spacial score (nSPS) is 35.9. The molecule has 3 fully saturated rings. The Labute approximate surface area is 306 Å². The molecule has 2 aliphatic heterocycles. The second-order valence-electron chi connectivity index (χ2n) is 17.1. The van der Waals surface area contributed by atoms with Crippen LogP contribution in [0.2, 0.25) is 0 Å². The van der Waals surface area contributed by atoms with Gasteiger partial charge >= 0.3 is 18.3 Å². The van der Waals surface area contributed by atoms with Crippen LogP contribution in [-0.2, 0) is 33.2 Å². The first-order chi connectivity index (χ1) is 23.9. The molecule has 0 aromatic heterocycles. The molecule has 302 valence electrons. The zero-order valence-electron chi connectivity index (χ0n) is 32.4. The van der Waals surface area contributed by atoms with Gasteiger partial charge in [0.15, 0.2) is 12.6 Å². The third kappa shape index (κ3) is 13.1. The summed E-state index contributed by atoms with van der Waals surface area (Å²) in [5, 5.41) is 51.4. The van der Waals surface area contributed by atoms with Crippen LogP contribution >= 0.6 is 0 Å². The number of carbonyl (C=O) groups excluding carboxylic acids is 3. The van der Waals surface area contributed by atoms with Gasteiger partial charge in [0.25, 0.3) is 0 Å². The number of aliphatic hydroxyl groups excluding tert-OH is 4. The Morgan fingerprint density at radius 2 is 1.19 bits per heavy atom. The van der Waals surface area contributed by atoms with E-state index in [1.807, 2.05) is 0 Å². The summed E-state index contributed by atoms with van der Waals surface area (Å²) in [6.07, 6.45) is -11.5. The van der Waals surface area contributed by atoms with Crippen molar-refractivity contribution in [1.82, 2.24) is 16.0 Å². The molecule has 0 spiro atoms. The molecule has 2 heterocycles. The van der Waals surface area contributed by atoms with Crippen LogP contribution in [-0.4, -0.2) is 136 Å². The van der Waals surface area contributed by atoms with Crippen LogP contribution in [0, 0.1) is 11.8 Å². The summed E-state index contributed by atoms with van der Waals surface area (Å²) in [4.78, 5) is 38.4. The highest BCUT2D eigenvalue weighted by molar-refractivity contribution is 5.69. The molecule has 13 atom stereocenters. The summed E-state index contributed by atoms with van der Waals surface area (Å²) < 4.78 is 41.0.